The number of nitrogens with zero attached hydrogens (tertiary/aromatic N) is 1. The maximum Gasteiger partial charge on any atom is 0.329 e. The average Bonchev–Trinajstić information content (AvgIpc) is 2.01. The van der Waals surface area contributed by atoms with Crippen molar-refractivity contribution in [1.29, 1.82) is 0 Å². The summed E-state index contributed by atoms with van der Waals surface area (Å²) in [7, 11) is 0. The number of carboxylic acids is 2. The number of hydrogen-bond acceptors (Lipinski definition) is 3. The van der Waals surface area contributed by atoms with Gasteiger partial charge < -0.3 is 21.7 Å². The fourth-order valence-corrected chi connectivity index (χ4v) is 0.360. The van der Waals surface area contributed by atoms with Crippen molar-refractivity contribution >= 4 is 17.9 Å². The average molecular weight is 178 g/mol. The Balaban J connectivity index is 5.61. The first-order chi connectivity index (χ1) is 6.55. The van der Waals surface area contributed by atoms with E-state index in [4.69, 9.17) is 25.8 Å². The van der Waals surface area contributed by atoms with Gasteiger partial charge in [-0.3, -0.25) is 4.79 Å². The number of guanidine groups is 1. The molecule has 0 aromatic rings. The highest BCUT2D eigenvalue weighted by Crippen LogP contribution is 1.97. The van der Waals surface area contributed by atoms with E-state index in [0.29, 0.717) is 0 Å². The maximum absolute atomic E-state index is 10.6. The molecule has 0 radical (unpaired) electrons. The molecule has 0 aromatic heterocycles. The number of aliphatic carboxylic acids is 2. The van der Waals surface area contributed by atoms with Crippen LogP contribution < -0.4 is 11.5 Å². The third kappa shape index (κ3) is 4.09. The maximum atomic E-state index is 10.6. The number of rotatable bonds is 4. The summed E-state index contributed by atoms with van der Waals surface area (Å²) >= 11 is 0. The molecule has 6 N–H and O–H groups in total. The zero-order chi connectivity index (χ0) is 12.4. The van der Waals surface area contributed by atoms with Gasteiger partial charge in [0.2, 0.25) is 0 Å². The van der Waals surface area contributed by atoms with Gasteiger partial charge in [-0.15, -0.1) is 0 Å². The molecule has 0 aliphatic heterocycles. The van der Waals surface area contributed by atoms with Crippen LogP contribution in [-0.4, -0.2) is 34.1 Å². The van der Waals surface area contributed by atoms with E-state index in [0.717, 1.165) is 0 Å². The van der Waals surface area contributed by atoms with Crippen LogP contribution in [0.2, 0.25) is 0 Å². The second-order valence-corrected chi connectivity index (χ2v) is 1.62. The molecule has 0 heterocycles. The summed E-state index contributed by atoms with van der Waals surface area (Å²) in [5.41, 5.74) is 9.60. The van der Waals surface area contributed by atoms with Crippen molar-refractivity contribution in [1.82, 2.24) is 0 Å². The van der Waals surface area contributed by atoms with Crippen molar-refractivity contribution in [3.63, 3.8) is 0 Å². The van der Waals surface area contributed by atoms with Crippen molar-refractivity contribution in [3.05, 3.63) is 0 Å². The molecule has 0 saturated carbocycles. The van der Waals surface area contributed by atoms with E-state index >= 15 is 0 Å². The normalized spacial score (nSPS) is 19.2. The van der Waals surface area contributed by atoms with Gasteiger partial charge in [-0.25, -0.2) is 9.79 Å². The van der Waals surface area contributed by atoms with Crippen molar-refractivity contribution in [3.8, 4) is 0 Å². The largest absolute Gasteiger partial charge is 0.481 e. The minimum atomic E-state index is -3.46. The molecule has 0 bridgehead atoms. The fourth-order valence-electron chi connectivity index (χ4n) is 0.360. The Bertz CT molecular complexity index is 327. The van der Waals surface area contributed by atoms with E-state index in [1.165, 1.54) is 0 Å². The minimum Gasteiger partial charge on any atom is -0.481 e. The van der Waals surface area contributed by atoms with Crippen LogP contribution in [0.5, 0.6) is 0 Å². The molecule has 68 valence electrons. The molecule has 7 nitrogen and oxygen atoms in total. The molecule has 0 fully saturated rings. The smallest absolute Gasteiger partial charge is 0.329 e. The molecular formula is C5H9N3O4. The number of nitrogens with two attached hydrogens (primary N) is 2. The molecule has 7 heteroatoms. The van der Waals surface area contributed by atoms with Crippen LogP contribution >= 0.6 is 0 Å². The summed E-state index contributed by atoms with van der Waals surface area (Å²) in [6, 6.07) is -3.32. The predicted molar refractivity (Wildman–Crippen MR) is 39.5 cm³/mol. The summed E-state index contributed by atoms with van der Waals surface area (Å²) in [4.78, 5) is 23.8. The molecule has 0 amide bonds. The van der Waals surface area contributed by atoms with Crippen LogP contribution in [0, 0.1) is 0 Å². The van der Waals surface area contributed by atoms with Gasteiger partial charge in [-0.05, 0) is 0 Å². The van der Waals surface area contributed by atoms with E-state index in [1.54, 1.807) is 0 Å². The Hall–Kier alpha value is -1.79. The second-order valence-electron chi connectivity index (χ2n) is 1.62. The lowest BCUT2D eigenvalue weighted by atomic mass is 10.2. The highest BCUT2D eigenvalue weighted by Gasteiger charge is 2.19. The van der Waals surface area contributed by atoms with Gasteiger partial charge in [-0.1, -0.05) is 0 Å². The zero-order valence-electron chi connectivity index (χ0n) is 8.81. The van der Waals surface area contributed by atoms with Gasteiger partial charge in [0.05, 0.1) is 7.74 Å². The standard InChI is InChI=1S/C5H9N3O4/c6-5(7)8-2(4(11)12)1-3(9)10/h2H,1H2,(H,9,10)(H,11,12)(H4,6,7,8)/i1D2,2D. The Morgan fingerprint density at radius 2 is 2.08 bits per heavy atom. The topological polar surface area (TPSA) is 139 Å². The van der Waals surface area contributed by atoms with E-state index in [9.17, 15) is 9.59 Å². The molecule has 0 aliphatic carbocycles. The van der Waals surface area contributed by atoms with Crippen LogP contribution in [0.25, 0.3) is 0 Å². The summed E-state index contributed by atoms with van der Waals surface area (Å²) in [5.74, 6) is -5.15. The molecule has 0 rings (SSSR count). The van der Waals surface area contributed by atoms with Crippen LogP contribution in [0.15, 0.2) is 4.99 Å². The number of aliphatic imine (C=N–C) groups is 1. The van der Waals surface area contributed by atoms with Gasteiger partial charge in [0.1, 0.15) is 0 Å². The van der Waals surface area contributed by atoms with E-state index in [-0.39, 0.29) is 0 Å². The monoisotopic (exact) mass is 178 g/mol. The molecule has 1 unspecified atom stereocenters. The summed E-state index contributed by atoms with van der Waals surface area (Å²) < 4.78 is 21.0. The predicted octanol–water partition coefficient (Wildman–Crippen LogP) is -1.81. The summed E-state index contributed by atoms with van der Waals surface area (Å²) in [6.07, 6.45) is -3.46. The molecule has 1 atom stereocenters. The molecule has 0 aromatic carbocycles. The number of hydrogen-bond donors (Lipinski definition) is 4. The number of carbonyl (C=O) groups is 2. The number of carboxylic acid groups (broad SMARTS) is 2. The molecule has 0 aliphatic rings. The van der Waals surface area contributed by atoms with Gasteiger partial charge in [0, 0.05) is 2.74 Å². The van der Waals surface area contributed by atoms with Crippen molar-refractivity contribution in [2.45, 2.75) is 12.4 Å². The third-order valence-corrected chi connectivity index (χ3v) is 0.669. The second kappa shape index (κ2) is 4.16. The molecule has 12 heavy (non-hydrogen) atoms. The summed E-state index contributed by atoms with van der Waals surface area (Å²) in [6.45, 7) is 0. The zero-order valence-corrected chi connectivity index (χ0v) is 5.81. The van der Waals surface area contributed by atoms with Crippen molar-refractivity contribution in [2.75, 3.05) is 0 Å². The third-order valence-electron chi connectivity index (χ3n) is 0.669. The van der Waals surface area contributed by atoms with E-state index < -0.39 is 30.3 Å². The Morgan fingerprint density at radius 1 is 1.58 bits per heavy atom. The lowest BCUT2D eigenvalue weighted by Gasteiger charge is -2.03. The first-order valence-electron chi connectivity index (χ1n) is 4.13. The SMILES string of the molecule is [2H]C([2H])(C(=O)O)C([2H])(N=C(N)N)C(=O)O. The quantitative estimate of drug-likeness (QED) is 0.295. The summed E-state index contributed by atoms with van der Waals surface area (Å²) in [5, 5.41) is 17.0. The van der Waals surface area contributed by atoms with E-state index in [2.05, 4.69) is 4.99 Å². The van der Waals surface area contributed by atoms with Crippen LogP contribution in [-0.2, 0) is 9.59 Å². The van der Waals surface area contributed by atoms with Gasteiger partial charge >= 0.3 is 11.9 Å². The highest BCUT2D eigenvalue weighted by molar-refractivity contribution is 5.85. The van der Waals surface area contributed by atoms with Crippen LogP contribution in [0.3, 0.4) is 0 Å². The van der Waals surface area contributed by atoms with Crippen LogP contribution in [0.1, 0.15) is 10.5 Å². The lowest BCUT2D eigenvalue weighted by molar-refractivity contribution is -0.144. The Morgan fingerprint density at radius 3 is 2.33 bits per heavy atom. The minimum absolute atomic E-state index is 0.891. The first kappa shape index (κ1) is 5.81. The van der Waals surface area contributed by atoms with Gasteiger partial charge in [0.25, 0.3) is 0 Å². The fraction of sp³-hybridized carbons (Fsp3) is 0.400. The van der Waals surface area contributed by atoms with Gasteiger partial charge in [-0.2, -0.15) is 0 Å². The van der Waals surface area contributed by atoms with Crippen molar-refractivity contribution < 1.29 is 23.9 Å². The Kier molecular flexibility index (Phi) is 2.02. The lowest BCUT2D eigenvalue weighted by Crippen LogP contribution is -2.30. The molecule has 0 spiro atoms. The van der Waals surface area contributed by atoms with Crippen LogP contribution in [0.4, 0.5) is 0 Å². The Labute approximate surface area is 71.9 Å². The van der Waals surface area contributed by atoms with Crippen molar-refractivity contribution in [2.24, 2.45) is 16.5 Å². The molecule has 0 saturated heterocycles. The molecular weight excluding hydrogens is 166 g/mol. The highest BCUT2D eigenvalue weighted by atomic mass is 16.4. The van der Waals surface area contributed by atoms with E-state index in [1.807, 2.05) is 0 Å². The van der Waals surface area contributed by atoms with Gasteiger partial charge in [0.15, 0.2) is 12.0 Å². The first-order valence-corrected chi connectivity index (χ1v) is 2.63.